The van der Waals surface area contributed by atoms with Crippen LogP contribution in [0.1, 0.15) is 40.7 Å². The molecule has 0 radical (unpaired) electrons. The Morgan fingerprint density at radius 1 is 0.731 bits per heavy atom. The molecule has 0 spiro atoms. The smallest absolute Gasteiger partial charge is 0.411 e. The van der Waals surface area contributed by atoms with Crippen molar-refractivity contribution in [1.82, 2.24) is 19.6 Å². The summed E-state index contributed by atoms with van der Waals surface area (Å²) < 4.78 is 11.3. The van der Waals surface area contributed by atoms with E-state index in [1.165, 1.54) is 0 Å². The Morgan fingerprint density at radius 2 is 1.42 bits per heavy atom. The molecule has 0 unspecified atom stereocenters. The number of anilines is 1. The number of ether oxygens (including phenoxy) is 2. The van der Waals surface area contributed by atoms with Gasteiger partial charge in [0.1, 0.15) is 12.7 Å². The van der Waals surface area contributed by atoms with Crippen LogP contribution in [0.15, 0.2) is 109 Å². The van der Waals surface area contributed by atoms with Crippen molar-refractivity contribution in [3.05, 3.63) is 126 Å². The number of rotatable bonds is 11. The lowest BCUT2D eigenvalue weighted by Gasteiger charge is -2.32. The molecule has 0 atom stereocenters. The van der Waals surface area contributed by atoms with E-state index in [0.717, 1.165) is 86.5 Å². The number of piperidine rings is 1. The van der Waals surface area contributed by atoms with Crippen LogP contribution < -0.4 is 5.32 Å². The molecule has 0 bridgehead atoms. The van der Waals surface area contributed by atoms with Gasteiger partial charge in [0.15, 0.2) is 0 Å². The topological polar surface area (TPSA) is 94.7 Å². The molecule has 2 heterocycles. The Balaban J connectivity index is 0.882. The number of benzene rings is 4. The second-order valence-corrected chi connectivity index (χ2v) is 13.6. The molecular formula is C42H49N5O5. The SMILES string of the molecule is CN(CCN1CCC(OC(=O)Nc2ccccc2-c2ccccc2)CC1)C(=O)c1ccc(CN2CCCN(C(=O)OCc3ccccc3)CC2)cc1. The van der Waals surface area contributed by atoms with Gasteiger partial charge in [-0.15, -0.1) is 0 Å². The van der Waals surface area contributed by atoms with Crippen LogP contribution in [0.4, 0.5) is 15.3 Å². The van der Waals surface area contributed by atoms with Crippen LogP contribution in [0.2, 0.25) is 0 Å². The van der Waals surface area contributed by atoms with Crippen molar-refractivity contribution < 1.29 is 23.9 Å². The quantitative estimate of drug-likeness (QED) is 0.180. The van der Waals surface area contributed by atoms with Crippen molar-refractivity contribution in [2.24, 2.45) is 0 Å². The monoisotopic (exact) mass is 703 g/mol. The van der Waals surface area contributed by atoms with Crippen LogP contribution in [0.3, 0.4) is 0 Å². The third kappa shape index (κ3) is 10.4. The van der Waals surface area contributed by atoms with Gasteiger partial charge in [-0.05, 0) is 54.2 Å². The minimum absolute atomic E-state index is 0.00310. The van der Waals surface area contributed by atoms with Crippen molar-refractivity contribution in [2.75, 3.05) is 64.7 Å². The number of carbonyl (C=O) groups excluding carboxylic acids is 3. The fourth-order valence-corrected chi connectivity index (χ4v) is 6.75. The van der Waals surface area contributed by atoms with Crippen molar-refractivity contribution in [2.45, 2.75) is 38.5 Å². The summed E-state index contributed by atoms with van der Waals surface area (Å²) in [5.74, 6) is -0.00310. The van der Waals surface area contributed by atoms with E-state index in [9.17, 15) is 14.4 Å². The van der Waals surface area contributed by atoms with E-state index < -0.39 is 6.09 Å². The number of hydrogen-bond acceptors (Lipinski definition) is 7. The van der Waals surface area contributed by atoms with Crippen LogP contribution in [0, 0.1) is 0 Å². The molecule has 1 N–H and O–H groups in total. The van der Waals surface area contributed by atoms with Gasteiger partial charge in [0.2, 0.25) is 0 Å². The first-order valence-corrected chi connectivity index (χ1v) is 18.3. The number of likely N-dealkylation sites (tertiary alicyclic amines) is 1. The summed E-state index contributed by atoms with van der Waals surface area (Å²) in [6.07, 6.45) is 1.53. The summed E-state index contributed by atoms with van der Waals surface area (Å²) in [6.45, 7) is 6.99. The fraction of sp³-hybridized carbons (Fsp3) is 0.357. The number of para-hydroxylation sites is 1. The van der Waals surface area contributed by atoms with Crippen molar-refractivity contribution in [3.8, 4) is 11.1 Å². The molecule has 6 rings (SSSR count). The van der Waals surface area contributed by atoms with E-state index in [0.29, 0.717) is 25.2 Å². The summed E-state index contributed by atoms with van der Waals surface area (Å²) in [7, 11) is 1.84. The largest absolute Gasteiger partial charge is 0.446 e. The zero-order valence-electron chi connectivity index (χ0n) is 30.0. The van der Waals surface area contributed by atoms with Crippen LogP contribution in [-0.2, 0) is 22.6 Å². The molecule has 0 saturated carbocycles. The molecule has 3 amide bonds. The summed E-state index contributed by atoms with van der Waals surface area (Å²) in [5, 5.41) is 2.94. The zero-order valence-corrected chi connectivity index (χ0v) is 30.0. The second-order valence-electron chi connectivity index (χ2n) is 13.6. The Hall–Kier alpha value is -5.19. The number of nitrogens with zero attached hydrogens (tertiary/aromatic N) is 4. The molecule has 4 aromatic carbocycles. The molecule has 2 fully saturated rings. The highest BCUT2D eigenvalue weighted by atomic mass is 16.6. The average molecular weight is 704 g/mol. The summed E-state index contributed by atoms with van der Waals surface area (Å²) in [5.41, 5.74) is 5.49. The standard InChI is InChI=1S/C42H49N5O5/c1-44(27-28-45-25-21-37(22-26-45)52-41(49)43-39-16-9-8-15-38(39)35-13-6-3-7-14-35)40(48)36-19-17-33(18-20-36)31-46-23-10-24-47(30-29-46)42(50)51-32-34-11-4-2-5-12-34/h2-9,11-20,37H,10,21-32H2,1H3,(H,43,49). The first-order chi connectivity index (χ1) is 25.4. The first-order valence-electron chi connectivity index (χ1n) is 18.3. The zero-order chi connectivity index (χ0) is 36.1. The maximum absolute atomic E-state index is 13.2. The van der Waals surface area contributed by atoms with Crippen molar-refractivity contribution in [1.29, 1.82) is 0 Å². The van der Waals surface area contributed by atoms with Gasteiger partial charge in [0.05, 0.1) is 5.69 Å². The van der Waals surface area contributed by atoms with Crippen LogP contribution >= 0.6 is 0 Å². The highest BCUT2D eigenvalue weighted by Crippen LogP contribution is 2.28. The van der Waals surface area contributed by atoms with Gasteiger partial charge in [-0.25, -0.2) is 9.59 Å². The van der Waals surface area contributed by atoms with Gasteiger partial charge in [-0.1, -0.05) is 91.0 Å². The highest BCUT2D eigenvalue weighted by molar-refractivity contribution is 5.94. The van der Waals surface area contributed by atoms with Crippen LogP contribution in [0.25, 0.3) is 11.1 Å². The van der Waals surface area contributed by atoms with E-state index >= 15 is 0 Å². The maximum Gasteiger partial charge on any atom is 0.411 e. The van der Waals surface area contributed by atoms with Gasteiger partial charge in [-0.2, -0.15) is 0 Å². The molecule has 2 aliphatic rings. The van der Waals surface area contributed by atoms with Crippen LogP contribution in [-0.4, -0.2) is 103 Å². The summed E-state index contributed by atoms with van der Waals surface area (Å²) >= 11 is 0. The van der Waals surface area contributed by atoms with E-state index in [1.54, 1.807) is 9.80 Å². The minimum Gasteiger partial charge on any atom is -0.446 e. The Bertz CT molecular complexity index is 1750. The van der Waals surface area contributed by atoms with Gasteiger partial charge < -0.3 is 24.2 Å². The number of likely N-dealkylation sites (N-methyl/N-ethyl adjacent to an activating group) is 1. The Kier molecular flexibility index (Phi) is 12.9. The molecule has 52 heavy (non-hydrogen) atoms. The highest BCUT2D eigenvalue weighted by Gasteiger charge is 2.24. The Labute approximate surface area is 306 Å². The molecule has 2 aliphatic heterocycles. The molecule has 10 heteroatoms. The maximum atomic E-state index is 13.2. The normalized spacial score (nSPS) is 15.8. The van der Waals surface area contributed by atoms with E-state index in [4.69, 9.17) is 9.47 Å². The van der Waals surface area contributed by atoms with E-state index in [-0.39, 0.29) is 24.7 Å². The van der Waals surface area contributed by atoms with E-state index in [2.05, 4.69) is 15.1 Å². The first kappa shape index (κ1) is 36.6. The van der Waals surface area contributed by atoms with Gasteiger partial charge in [0.25, 0.3) is 5.91 Å². The molecular weight excluding hydrogens is 654 g/mol. The summed E-state index contributed by atoms with van der Waals surface area (Å²) in [6, 6.07) is 35.3. The minimum atomic E-state index is -0.437. The molecule has 0 aromatic heterocycles. The lowest BCUT2D eigenvalue weighted by atomic mass is 10.0. The molecule has 0 aliphatic carbocycles. The Morgan fingerprint density at radius 3 is 2.17 bits per heavy atom. The predicted molar refractivity (Wildman–Crippen MR) is 203 cm³/mol. The molecule has 2 saturated heterocycles. The second kappa shape index (κ2) is 18.3. The molecule has 4 aromatic rings. The average Bonchev–Trinajstić information content (AvgIpc) is 3.43. The number of nitrogens with one attached hydrogen (secondary N) is 1. The van der Waals surface area contributed by atoms with Crippen LogP contribution in [0.5, 0.6) is 0 Å². The lowest BCUT2D eigenvalue weighted by Crippen LogP contribution is -2.42. The number of hydrogen-bond donors (Lipinski definition) is 1. The van der Waals surface area contributed by atoms with Crippen molar-refractivity contribution >= 4 is 23.8 Å². The third-order valence-corrected chi connectivity index (χ3v) is 9.81. The predicted octanol–water partition coefficient (Wildman–Crippen LogP) is 6.98. The molecule has 10 nitrogen and oxygen atoms in total. The number of amides is 3. The van der Waals surface area contributed by atoms with Gasteiger partial charge in [-0.3, -0.25) is 15.0 Å². The van der Waals surface area contributed by atoms with Gasteiger partial charge in [0, 0.05) is 77.1 Å². The molecule has 272 valence electrons. The lowest BCUT2D eigenvalue weighted by molar-refractivity contribution is 0.0540. The third-order valence-electron chi connectivity index (χ3n) is 9.81. The van der Waals surface area contributed by atoms with Gasteiger partial charge >= 0.3 is 12.2 Å². The van der Waals surface area contributed by atoms with Crippen molar-refractivity contribution in [3.63, 3.8) is 0 Å². The van der Waals surface area contributed by atoms with E-state index in [1.807, 2.05) is 116 Å². The summed E-state index contributed by atoms with van der Waals surface area (Å²) in [4.78, 5) is 46.9. The fourth-order valence-electron chi connectivity index (χ4n) is 6.75. The number of carbonyl (C=O) groups is 3.